The van der Waals surface area contributed by atoms with E-state index in [4.69, 9.17) is 9.84 Å². The van der Waals surface area contributed by atoms with Crippen molar-refractivity contribution in [1.29, 1.82) is 0 Å². The van der Waals surface area contributed by atoms with Crippen LogP contribution < -0.4 is 5.32 Å². The van der Waals surface area contributed by atoms with Gasteiger partial charge in [0.2, 0.25) is 0 Å². The molecular formula is C13H17NO3. The minimum Gasteiger partial charge on any atom is -0.478 e. The van der Waals surface area contributed by atoms with Gasteiger partial charge in [0.05, 0.1) is 5.56 Å². The predicted molar refractivity (Wildman–Crippen MR) is 65.6 cm³/mol. The minimum atomic E-state index is -0.884. The van der Waals surface area contributed by atoms with Crippen LogP contribution in [-0.4, -0.2) is 30.3 Å². The van der Waals surface area contributed by atoms with Gasteiger partial charge in [-0.2, -0.15) is 0 Å². The van der Waals surface area contributed by atoms with Crippen LogP contribution in [0.2, 0.25) is 0 Å². The fourth-order valence-corrected chi connectivity index (χ4v) is 2.02. The van der Waals surface area contributed by atoms with E-state index in [1.807, 2.05) is 13.0 Å². The van der Waals surface area contributed by atoms with Crippen molar-refractivity contribution in [3.63, 3.8) is 0 Å². The predicted octanol–water partition coefficient (Wildman–Crippen LogP) is 2.28. The summed E-state index contributed by atoms with van der Waals surface area (Å²) in [6.45, 7) is 3.52. The van der Waals surface area contributed by atoms with Gasteiger partial charge < -0.3 is 15.2 Å². The average molecular weight is 235 g/mol. The molecule has 1 fully saturated rings. The molecule has 4 nitrogen and oxygen atoms in total. The summed E-state index contributed by atoms with van der Waals surface area (Å²) in [4.78, 5) is 10.8. The number of benzene rings is 1. The number of carboxylic acids is 1. The number of aryl methyl sites for hydroxylation is 1. The summed E-state index contributed by atoms with van der Waals surface area (Å²) < 4.78 is 5.30. The number of carbonyl (C=O) groups is 1. The van der Waals surface area contributed by atoms with E-state index in [2.05, 4.69) is 5.32 Å². The highest BCUT2D eigenvalue weighted by Crippen LogP contribution is 2.20. The number of rotatable bonds is 3. The molecule has 0 atom stereocenters. The van der Waals surface area contributed by atoms with Crippen LogP contribution in [0.1, 0.15) is 28.8 Å². The SMILES string of the molecule is Cc1cc(C(=O)O)ccc1NC1CCOCC1. The molecule has 1 aliphatic heterocycles. The first kappa shape index (κ1) is 11.9. The van der Waals surface area contributed by atoms with Crippen molar-refractivity contribution in [3.8, 4) is 0 Å². The van der Waals surface area contributed by atoms with Gasteiger partial charge in [0.15, 0.2) is 0 Å². The molecule has 1 aliphatic rings. The molecule has 1 aromatic carbocycles. The van der Waals surface area contributed by atoms with Crippen LogP contribution in [-0.2, 0) is 4.74 Å². The highest BCUT2D eigenvalue weighted by atomic mass is 16.5. The average Bonchev–Trinajstić information content (AvgIpc) is 2.33. The van der Waals surface area contributed by atoms with Crippen LogP contribution in [0.3, 0.4) is 0 Å². The van der Waals surface area contributed by atoms with Gasteiger partial charge in [-0.15, -0.1) is 0 Å². The zero-order valence-corrected chi connectivity index (χ0v) is 9.90. The summed E-state index contributed by atoms with van der Waals surface area (Å²) in [5.74, 6) is -0.884. The summed E-state index contributed by atoms with van der Waals surface area (Å²) in [7, 11) is 0. The highest BCUT2D eigenvalue weighted by Gasteiger charge is 2.14. The highest BCUT2D eigenvalue weighted by molar-refractivity contribution is 5.88. The number of nitrogens with one attached hydrogen (secondary N) is 1. The zero-order valence-electron chi connectivity index (χ0n) is 9.90. The molecule has 92 valence electrons. The molecule has 0 aromatic heterocycles. The normalized spacial score (nSPS) is 16.8. The van der Waals surface area contributed by atoms with Crippen LogP contribution >= 0.6 is 0 Å². The molecular weight excluding hydrogens is 218 g/mol. The second kappa shape index (κ2) is 5.19. The molecule has 2 rings (SSSR count). The Kier molecular flexibility index (Phi) is 3.64. The van der Waals surface area contributed by atoms with Crippen molar-refractivity contribution in [3.05, 3.63) is 29.3 Å². The molecule has 4 heteroatoms. The zero-order chi connectivity index (χ0) is 12.3. The first-order chi connectivity index (χ1) is 8.16. The summed E-state index contributed by atoms with van der Waals surface area (Å²) in [5, 5.41) is 12.3. The summed E-state index contributed by atoms with van der Waals surface area (Å²) in [5.41, 5.74) is 2.32. The Labute approximate surface area is 101 Å². The van der Waals surface area contributed by atoms with E-state index in [0.717, 1.165) is 37.3 Å². The number of carboxylic acid groups (broad SMARTS) is 1. The molecule has 0 bridgehead atoms. The van der Waals surface area contributed by atoms with E-state index < -0.39 is 5.97 Å². The van der Waals surface area contributed by atoms with Gasteiger partial charge in [0.25, 0.3) is 0 Å². The van der Waals surface area contributed by atoms with Gasteiger partial charge in [-0.05, 0) is 43.5 Å². The summed E-state index contributed by atoms with van der Waals surface area (Å²) in [6.07, 6.45) is 2.00. The van der Waals surface area contributed by atoms with Gasteiger partial charge >= 0.3 is 5.97 Å². The quantitative estimate of drug-likeness (QED) is 0.843. The van der Waals surface area contributed by atoms with Crippen molar-refractivity contribution in [2.45, 2.75) is 25.8 Å². The smallest absolute Gasteiger partial charge is 0.335 e. The molecule has 0 radical (unpaired) electrons. The van der Waals surface area contributed by atoms with Crippen molar-refractivity contribution in [2.75, 3.05) is 18.5 Å². The fourth-order valence-electron chi connectivity index (χ4n) is 2.02. The van der Waals surface area contributed by atoms with Gasteiger partial charge in [0.1, 0.15) is 0 Å². The van der Waals surface area contributed by atoms with Crippen LogP contribution in [0.5, 0.6) is 0 Å². The largest absolute Gasteiger partial charge is 0.478 e. The van der Waals surface area contributed by atoms with Crippen LogP contribution in [0.4, 0.5) is 5.69 Å². The third kappa shape index (κ3) is 2.97. The number of hydrogen-bond donors (Lipinski definition) is 2. The lowest BCUT2D eigenvalue weighted by molar-refractivity contribution is 0.0697. The molecule has 1 saturated heterocycles. The van der Waals surface area contributed by atoms with Crippen molar-refractivity contribution >= 4 is 11.7 Å². The minimum absolute atomic E-state index is 0.333. The lowest BCUT2D eigenvalue weighted by Crippen LogP contribution is -2.28. The Morgan fingerprint density at radius 1 is 1.41 bits per heavy atom. The van der Waals surface area contributed by atoms with E-state index in [1.54, 1.807) is 12.1 Å². The molecule has 0 unspecified atom stereocenters. The lowest BCUT2D eigenvalue weighted by Gasteiger charge is -2.25. The van der Waals surface area contributed by atoms with Crippen LogP contribution in [0.15, 0.2) is 18.2 Å². The Bertz CT molecular complexity index is 411. The molecule has 0 saturated carbocycles. The summed E-state index contributed by atoms with van der Waals surface area (Å²) >= 11 is 0. The Morgan fingerprint density at radius 2 is 2.12 bits per heavy atom. The van der Waals surface area contributed by atoms with Gasteiger partial charge in [0, 0.05) is 24.9 Å². The van der Waals surface area contributed by atoms with Crippen LogP contribution in [0, 0.1) is 6.92 Å². The molecule has 17 heavy (non-hydrogen) atoms. The fraction of sp³-hybridized carbons (Fsp3) is 0.462. The third-order valence-electron chi connectivity index (χ3n) is 3.05. The van der Waals surface area contributed by atoms with Gasteiger partial charge in [-0.1, -0.05) is 0 Å². The van der Waals surface area contributed by atoms with E-state index in [-0.39, 0.29) is 0 Å². The first-order valence-corrected chi connectivity index (χ1v) is 5.85. The Morgan fingerprint density at radius 3 is 2.71 bits per heavy atom. The molecule has 0 aliphatic carbocycles. The molecule has 1 aromatic rings. The Balaban J connectivity index is 2.08. The number of ether oxygens (including phenoxy) is 1. The standard InChI is InChI=1S/C13H17NO3/c1-9-8-10(13(15)16)2-3-12(9)14-11-4-6-17-7-5-11/h2-3,8,11,14H,4-7H2,1H3,(H,15,16). The monoisotopic (exact) mass is 235 g/mol. The van der Waals surface area contributed by atoms with Crippen molar-refractivity contribution in [2.24, 2.45) is 0 Å². The van der Waals surface area contributed by atoms with E-state index in [0.29, 0.717) is 11.6 Å². The second-order valence-corrected chi connectivity index (χ2v) is 4.37. The number of anilines is 1. The van der Waals surface area contributed by atoms with Crippen LogP contribution in [0.25, 0.3) is 0 Å². The molecule has 1 heterocycles. The van der Waals surface area contributed by atoms with E-state index in [9.17, 15) is 4.79 Å². The maximum atomic E-state index is 10.8. The molecule has 0 spiro atoms. The number of hydrogen-bond acceptors (Lipinski definition) is 3. The van der Waals surface area contributed by atoms with Gasteiger partial charge in [-0.3, -0.25) is 0 Å². The molecule has 0 amide bonds. The topological polar surface area (TPSA) is 58.6 Å². The maximum absolute atomic E-state index is 10.8. The Hall–Kier alpha value is -1.55. The van der Waals surface area contributed by atoms with Crippen molar-refractivity contribution < 1.29 is 14.6 Å². The van der Waals surface area contributed by atoms with E-state index in [1.165, 1.54) is 0 Å². The van der Waals surface area contributed by atoms with E-state index >= 15 is 0 Å². The molecule has 2 N–H and O–H groups in total. The second-order valence-electron chi connectivity index (χ2n) is 4.37. The lowest BCUT2D eigenvalue weighted by atomic mass is 10.1. The third-order valence-corrected chi connectivity index (χ3v) is 3.05. The van der Waals surface area contributed by atoms with Crippen molar-refractivity contribution in [1.82, 2.24) is 0 Å². The first-order valence-electron chi connectivity index (χ1n) is 5.85. The number of aromatic carboxylic acids is 1. The maximum Gasteiger partial charge on any atom is 0.335 e. The summed E-state index contributed by atoms with van der Waals surface area (Å²) in [6, 6.07) is 5.60. The van der Waals surface area contributed by atoms with Gasteiger partial charge in [-0.25, -0.2) is 4.79 Å².